The molecule has 0 atom stereocenters. The summed E-state index contributed by atoms with van der Waals surface area (Å²) in [6.07, 6.45) is 10.4. The summed E-state index contributed by atoms with van der Waals surface area (Å²) in [7, 11) is 0. The minimum Gasteiger partial charge on any atom is -0.491 e. The number of nitrogens with zero attached hydrogens (tertiary/aromatic N) is 1. The number of hydrogen-bond donors (Lipinski definition) is 0. The van der Waals surface area contributed by atoms with Crippen molar-refractivity contribution < 1.29 is 4.74 Å². The second kappa shape index (κ2) is 9.96. The summed E-state index contributed by atoms with van der Waals surface area (Å²) in [5, 5.41) is 12.6. The number of unbranched alkanes of at least 4 members (excludes halogenated alkanes) is 7. The molecule has 0 aliphatic heterocycles. The highest BCUT2D eigenvalue weighted by Gasteiger charge is 2.03. The molecular weight excluding hydrogens is 242 g/mol. The molecule has 0 N–H and O–H groups in total. The molecule has 0 spiro atoms. The van der Waals surface area contributed by atoms with Crippen LogP contribution >= 0.6 is 11.3 Å². The normalized spacial score (nSPS) is 10.2. The molecule has 3 heteroatoms. The first-order valence-electron chi connectivity index (χ1n) is 6.97. The summed E-state index contributed by atoms with van der Waals surface area (Å²) in [6, 6.07) is 2.14. The SMILES string of the molecule is CCCCCCCCCCOc1cscc1C#N. The van der Waals surface area contributed by atoms with Crippen LogP contribution in [0.15, 0.2) is 10.8 Å². The zero-order valence-corrected chi connectivity index (χ0v) is 12.1. The lowest BCUT2D eigenvalue weighted by Gasteiger charge is -2.04. The van der Waals surface area contributed by atoms with E-state index in [1.54, 1.807) is 0 Å². The van der Waals surface area contributed by atoms with E-state index in [-0.39, 0.29) is 0 Å². The first-order valence-corrected chi connectivity index (χ1v) is 7.92. The second-order valence-corrected chi connectivity index (χ2v) is 5.33. The highest BCUT2D eigenvalue weighted by atomic mass is 32.1. The first kappa shape index (κ1) is 15.0. The van der Waals surface area contributed by atoms with Crippen LogP contribution in [-0.2, 0) is 0 Å². The average molecular weight is 265 g/mol. The van der Waals surface area contributed by atoms with Gasteiger partial charge < -0.3 is 4.74 Å². The van der Waals surface area contributed by atoms with Gasteiger partial charge in [0.05, 0.1) is 6.61 Å². The summed E-state index contributed by atoms with van der Waals surface area (Å²) < 4.78 is 5.60. The van der Waals surface area contributed by atoms with Crippen molar-refractivity contribution in [3.05, 3.63) is 16.3 Å². The Kier molecular flexibility index (Phi) is 8.33. The third-order valence-electron chi connectivity index (χ3n) is 3.00. The van der Waals surface area contributed by atoms with Gasteiger partial charge in [-0.05, 0) is 6.42 Å². The fourth-order valence-corrected chi connectivity index (χ4v) is 2.59. The zero-order valence-electron chi connectivity index (χ0n) is 11.3. The lowest BCUT2D eigenvalue weighted by atomic mass is 10.1. The van der Waals surface area contributed by atoms with Gasteiger partial charge in [0.1, 0.15) is 17.4 Å². The van der Waals surface area contributed by atoms with Crippen molar-refractivity contribution in [3.8, 4) is 11.8 Å². The Morgan fingerprint density at radius 3 is 2.39 bits per heavy atom. The van der Waals surface area contributed by atoms with Crippen molar-refractivity contribution >= 4 is 11.3 Å². The van der Waals surface area contributed by atoms with E-state index in [1.807, 2.05) is 10.8 Å². The van der Waals surface area contributed by atoms with Gasteiger partial charge in [-0.3, -0.25) is 0 Å². The molecule has 1 heterocycles. The molecule has 0 amide bonds. The van der Waals surface area contributed by atoms with Gasteiger partial charge in [-0.1, -0.05) is 51.9 Å². The van der Waals surface area contributed by atoms with E-state index in [0.717, 1.165) is 18.8 Å². The van der Waals surface area contributed by atoms with Crippen LogP contribution in [-0.4, -0.2) is 6.61 Å². The van der Waals surface area contributed by atoms with Gasteiger partial charge in [0, 0.05) is 10.8 Å². The molecule has 0 radical (unpaired) electrons. The Labute approximate surface area is 115 Å². The molecular formula is C15H23NOS. The maximum atomic E-state index is 8.83. The van der Waals surface area contributed by atoms with Gasteiger partial charge in [-0.25, -0.2) is 0 Å². The largest absolute Gasteiger partial charge is 0.491 e. The van der Waals surface area contributed by atoms with Gasteiger partial charge in [0.15, 0.2) is 0 Å². The summed E-state index contributed by atoms with van der Waals surface area (Å²) in [5.74, 6) is 0.755. The monoisotopic (exact) mass is 265 g/mol. The fourth-order valence-electron chi connectivity index (χ4n) is 1.90. The Morgan fingerprint density at radius 2 is 1.72 bits per heavy atom. The van der Waals surface area contributed by atoms with E-state index in [0.29, 0.717) is 5.56 Å². The Morgan fingerprint density at radius 1 is 1.06 bits per heavy atom. The summed E-state index contributed by atoms with van der Waals surface area (Å²) >= 11 is 1.52. The molecule has 18 heavy (non-hydrogen) atoms. The van der Waals surface area contributed by atoms with Crippen molar-refractivity contribution in [2.75, 3.05) is 6.61 Å². The van der Waals surface area contributed by atoms with Crippen LogP contribution < -0.4 is 4.74 Å². The van der Waals surface area contributed by atoms with Gasteiger partial charge >= 0.3 is 0 Å². The number of nitriles is 1. The minimum atomic E-state index is 0.666. The molecule has 0 fully saturated rings. The minimum absolute atomic E-state index is 0.666. The van der Waals surface area contributed by atoms with Crippen LogP contribution in [0.25, 0.3) is 0 Å². The van der Waals surface area contributed by atoms with Crippen molar-refractivity contribution in [1.29, 1.82) is 5.26 Å². The predicted molar refractivity (Wildman–Crippen MR) is 77.1 cm³/mol. The summed E-state index contributed by atoms with van der Waals surface area (Å²) in [6.45, 7) is 2.98. The third kappa shape index (κ3) is 6.07. The van der Waals surface area contributed by atoms with E-state index in [4.69, 9.17) is 10.00 Å². The molecule has 0 aromatic carbocycles. The zero-order chi connectivity index (χ0) is 13.1. The number of rotatable bonds is 10. The van der Waals surface area contributed by atoms with Crippen LogP contribution in [0.1, 0.15) is 63.9 Å². The second-order valence-electron chi connectivity index (χ2n) is 4.58. The first-order chi connectivity index (χ1) is 8.88. The quantitative estimate of drug-likeness (QED) is 0.549. The molecule has 0 saturated carbocycles. The molecule has 100 valence electrons. The van der Waals surface area contributed by atoms with Gasteiger partial charge in [0.2, 0.25) is 0 Å². The van der Waals surface area contributed by atoms with E-state index in [9.17, 15) is 0 Å². The van der Waals surface area contributed by atoms with Gasteiger partial charge in [0.25, 0.3) is 0 Å². The molecule has 1 aromatic rings. The molecule has 0 aliphatic rings. The summed E-state index contributed by atoms with van der Waals surface area (Å²) in [5.41, 5.74) is 0.666. The van der Waals surface area contributed by atoms with Crippen molar-refractivity contribution in [1.82, 2.24) is 0 Å². The molecule has 1 aromatic heterocycles. The number of ether oxygens (including phenoxy) is 1. The Hall–Kier alpha value is -1.01. The van der Waals surface area contributed by atoms with Crippen LogP contribution in [0.3, 0.4) is 0 Å². The topological polar surface area (TPSA) is 33.0 Å². The van der Waals surface area contributed by atoms with E-state index >= 15 is 0 Å². The smallest absolute Gasteiger partial charge is 0.147 e. The molecule has 0 unspecified atom stereocenters. The standard InChI is InChI=1S/C15H23NOS/c1-2-3-4-5-6-7-8-9-10-17-15-13-18-12-14(15)11-16/h12-13H,2-10H2,1H3. The number of hydrogen-bond acceptors (Lipinski definition) is 3. The van der Waals surface area contributed by atoms with Gasteiger partial charge in [-0.15, -0.1) is 11.3 Å². The van der Waals surface area contributed by atoms with E-state index in [1.165, 1.54) is 56.3 Å². The highest BCUT2D eigenvalue weighted by Crippen LogP contribution is 2.22. The van der Waals surface area contributed by atoms with Crippen LogP contribution in [0.4, 0.5) is 0 Å². The van der Waals surface area contributed by atoms with Crippen LogP contribution in [0.5, 0.6) is 5.75 Å². The lowest BCUT2D eigenvalue weighted by Crippen LogP contribution is -1.97. The highest BCUT2D eigenvalue weighted by molar-refractivity contribution is 7.08. The molecule has 1 rings (SSSR count). The Bertz CT molecular complexity index is 354. The van der Waals surface area contributed by atoms with Crippen LogP contribution in [0.2, 0.25) is 0 Å². The molecule has 2 nitrogen and oxygen atoms in total. The summed E-state index contributed by atoms with van der Waals surface area (Å²) in [4.78, 5) is 0. The van der Waals surface area contributed by atoms with Crippen molar-refractivity contribution in [2.45, 2.75) is 58.3 Å². The van der Waals surface area contributed by atoms with Crippen molar-refractivity contribution in [3.63, 3.8) is 0 Å². The van der Waals surface area contributed by atoms with Crippen LogP contribution in [0, 0.1) is 11.3 Å². The van der Waals surface area contributed by atoms with Gasteiger partial charge in [-0.2, -0.15) is 5.26 Å². The van der Waals surface area contributed by atoms with E-state index in [2.05, 4.69) is 13.0 Å². The maximum absolute atomic E-state index is 8.83. The maximum Gasteiger partial charge on any atom is 0.147 e. The Balaban J connectivity index is 1.95. The average Bonchev–Trinajstić information content (AvgIpc) is 2.84. The fraction of sp³-hybridized carbons (Fsp3) is 0.667. The lowest BCUT2D eigenvalue weighted by molar-refractivity contribution is 0.304. The third-order valence-corrected chi connectivity index (χ3v) is 3.72. The molecule has 0 bridgehead atoms. The molecule has 0 aliphatic carbocycles. The van der Waals surface area contributed by atoms with Crippen molar-refractivity contribution in [2.24, 2.45) is 0 Å². The van der Waals surface area contributed by atoms with E-state index < -0.39 is 0 Å². The predicted octanol–water partition coefficient (Wildman–Crippen LogP) is 5.14. The number of thiophene rings is 1. The molecule has 0 saturated heterocycles.